The maximum Gasteiger partial charge on any atom is 0.117 e. The Labute approximate surface area is 126 Å². The van der Waals surface area contributed by atoms with Crippen molar-refractivity contribution in [2.45, 2.75) is 44.1 Å². The summed E-state index contributed by atoms with van der Waals surface area (Å²) in [5.74, 6) is 1.09. The SMILES string of the molecule is c1coc(CN2CCC3(CCCc4ccccc43)CC2)c1. The van der Waals surface area contributed by atoms with E-state index in [9.17, 15) is 0 Å². The van der Waals surface area contributed by atoms with Crippen molar-refractivity contribution >= 4 is 0 Å². The molecule has 0 N–H and O–H groups in total. The summed E-state index contributed by atoms with van der Waals surface area (Å²) < 4.78 is 5.49. The fourth-order valence-corrected chi connectivity index (χ4v) is 4.29. The van der Waals surface area contributed by atoms with Gasteiger partial charge in [-0.2, -0.15) is 0 Å². The minimum Gasteiger partial charge on any atom is -0.468 e. The lowest BCUT2D eigenvalue weighted by atomic mass is 9.65. The first kappa shape index (κ1) is 13.1. The van der Waals surface area contributed by atoms with Gasteiger partial charge in [0.2, 0.25) is 0 Å². The van der Waals surface area contributed by atoms with E-state index in [0.717, 1.165) is 12.3 Å². The van der Waals surface area contributed by atoms with Crippen LogP contribution in [0.2, 0.25) is 0 Å². The van der Waals surface area contributed by atoms with E-state index in [4.69, 9.17) is 4.42 Å². The summed E-state index contributed by atoms with van der Waals surface area (Å²) in [7, 11) is 0. The van der Waals surface area contributed by atoms with Gasteiger partial charge in [-0.1, -0.05) is 24.3 Å². The predicted molar refractivity (Wildman–Crippen MR) is 84.3 cm³/mol. The van der Waals surface area contributed by atoms with E-state index in [0.29, 0.717) is 5.41 Å². The highest BCUT2D eigenvalue weighted by molar-refractivity contribution is 5.37. The molecule has 2 aliphatic rings. The summed E-state index contributed by atoms with van der Waals surface area (Å²) in [6.07, 6.45) is 8.37. The summed E-state index contributed by atoms with van der Waals surface area (Å²) >= 11 is 0. The molecule has 4 rings (SSSR count). The van der Waals surface area contributed by atoms with Crippen molar-refractivity contribution in [1.82, 2.24) is 4.90 Å². The third kappa shape index (κ3) is 2.42. The zero-order valence-corrected chi connectivity index (χ0v) is 12.6. The molecule has 1 aromatic heterocycles. The van der Waals surface area contributed by atoms with Crippen LogP contribution in [0.1, 0.15) is 42.6 Å². The maximum absolute atomic E-state index is 5.49. The topological polar surface area (TPSA) is 16.4 Å². The minimum atomic E-state index is 0.453. The normalized spacial score (nSPS) is 21.3. The van der Waals surface area contributed by atoms with Crippen LogP contribution in [0, 0.1) is 0 Å². The van der Waals surface area contributed by atoms with Crippen molar-refractivity contribution in [2.75, 3.05) is 13.1 Å². The molecule has 2 heteroatoms. The van der Waals surface area contributed by atoms with Gasteiger partial charge < -0.3 is 4.42 Å². The molecule has 1 saturated heterocycles. The largest absolute Gasteiger partial charge is 0.468 e. The Morgan fingerprint density at radius 1 is 1.00 bits per heavy atom. The van der Waals surface area contributed by atoms with Crippen LogP contribution in [-0.2, 0) is 18.4 Å². The van der Waals surface area contributed by atoms with Gasteiger partial charge in [0, 0.05) is 0 Å². The number of benzene rings is 1. The van der Waals surface area contributed by atoms with E-state index < -0.39 is 0 Å². The van der Waals surface area contributed by atoms with Gasteiger partial charge in [0.15, 0.2) is 0 Å². The fourth-order valence-electron chi connectivity index (χ4n) is 4.29. The van der Waals surface area contributed by atoms with Crippen molar-refractivity contribution in [2.24, 2.45) is 0 Å². The summed E-state index contributed by atoms with van der Waals surface area (Å²) in [5, 5.41) is 0. The number of aryl methyl sites for hydroxylation is 1. The number of nitrogens with zero attached hydrogens (tertiary/aromatic N) is 1. The first-order chi connectivity index (χ1) is 10.4. The molecule has 0 unspecified atom stereocenters. The van der Waals surface area contributed by atoms with E-state index >= 15 is 0 Å². The third-order valence-electron chi connectivity index (χ3n) is 5.46. The molecule has 110 valence electrons. The van der Waals surface area contributed by atoms with Crippen molar-refractivity contribution in [3.05, 3.63) is 59.5 Å². The first-order valence-corrected chi connectivity index (χ1v) is 8.19. The zero-order chi connectivity index (χ0) is 14.1. The highest BCUT2D eigenvalue weighted by Crippen LogP contribution is 2.44. The maximum atomic E-state index is 5.49. The third-order valence-corrected chi connectivity index (χ3v) is 5.46. The molecule has 0 amide bonds. The van der Waals surface area contributed by atoms with Gasteiger partial charge in [0.25, 0.3) is 0 Å². The highest BCUT2D eigenvalue weighted by Gasteiger charge is 2.39. The Morgan fingerprint density at radius 2 is 1.86 bits per heavy atom. The average molecular weight is 281 g/mol. The number of furan rings is 1. The molecule has 2 nitrogen and oxygen atoms in total. The zero-order valence-electron chi connectivity index (χ0n) is 12.6. The second-order valence-corrected chi connectivity index (χ2v) is 6.65. The van der Waals surface area contributed by atoms with Crippen LogP contribution in [0.15, 0.2) is 47.1 Å². The Balaban J connectivity index is 1.50. The van der Waals surface area contributed by atoms with Crippen LogP contribution >= 0.6 is 0 Å². The molecular formula is C19H23NO. The second-order valence-electron chi connectivity index (χ2n) is 6.65. The number of piperidine rings is 1. The predicted octanol–water partition coefficient (Wildman–Crippen LogP) is 4.15. The molecule has 0 bridgehead atoms. The van der Waals surface area contributed by atoms with Gasteiger partial charge >= 0.3 is 0 Å². The van der Waals surface area contributed by atoms with Gasteiger partial charge in [0.1, 0.15) is 5.76 Å². The van der Waals surface area contributed by atoms with Crippen LogP contribution in [-0.4, -0.2) is 18.0 Å². The number of likely N-dealkylation sites (tertiary alicyclic amines) is 1. The van der Waals surface area contributed by atoms with Gasteiger partial charge in [-0.05, 0) is 73.9 Å². The van der Waals surface area contributed by atoms with Crippen molar-refractivity contribution in [3.8, 4) is 0 Å². The molecular weight excluding hydrogens is 258 g/mol. The molecule has 0 radical (unpaired) electrons. The molecule has 21 heavy (non-hydrogen) atoms. The van der Waals surface area contributed by atoms with E-state index in [-0.39, 0.29) is 0 Å². The summed E-state index contributed by atoms with van der Waals surface area (Å²) in [4.78, 5) is 2.54. The number of fused-ring (bicyclic) bond motifs is 2. The van der Waals surface area contributed by atoms with Crippen LogP contribution in [0.3, 0.4) is 0 Å². The molecule has 0 saturated carbocycles. The van der Waals surface area contributed by atoms with E-state index in [1.165, 1.54) is 45.2 Å². The quantitative estimate of drug-likeness (QED) is 0.822. The molecule has 2 aromatic rings. The molecule has 0 atom stereocenters. The van der Waals surface area contributed by atoms with E-state index in [1.807, 2.05) is 6.07 Å². The van der Waals surface area contributed by atoms with Gasteiger partial charge in [-0.3, -0.25) is 4.90 Å². The lowest BCUT2D eigenvalue weighted by Crippen LogP contribution is -2.43. The van der Waals surface area contributed by atoms with Gasteiger partial charge in [-0.15, -0.1) is 0 Å². The Kier molecular flexibility index (Phi) is 3.34. The van der Waals surface area contributed by atoms with Crippen molar-refractivity contribution < 1.29 is 4.42 Å². The van der Waals surface area contributed by atoms with Crippen molar-refractivity contribution in [1.29, 1.82) is 0 Å². The molecule has 1 aromatic carbocycles. The summed E-state index contributed by atoms with van der Waals surface area (Å²) in [6, 6.07) is 13.2. The van der Waals surface area contributed by atoms with Crippen LogP contribution in [0.5, 0.6) is 0 Å². The molecule has 1 aliphatic heterocycles. The molecule has 2 heterocycles. The second kappa shape index (κ2) is 5.34. The monoisotopic (exact) mass is 281 g/mol. The minimum absolute atomic E-state index is 0.453. The lowest BCUT2D eigenvalue weighted by Gasteiger charge is -2.45. The van der Waals surface area contributed by atoms with Gasteiger partial charge in [-0.25, -0.2) is 0 Å². The van der Waals surface area contributed by atoms with E-state index in [1.54, 1.807) is 17.4 Å². The number of rotatable bonds is 2. The Morgan fingerprint density at radius 3 is 2.67 bits per heavy atom. The van der Waals surface area contributed by atoms with Gasteiger partial charge in [0.05, 0.1) is 12.8 Å². The Bertz CT molecular complexity index is 594. The average Bonchev–Trinajstić information content (AvgIpc) is 3.03. The lowest BCUT2D eigenvalue weighted by molar-refractivity contribution is 0.132. The van der Waals surface area contributed by atoms with Crippen LogP contribution < -0.4 is 0 Å². The van der Waals surface area contributed by atoms with Crippen LogP contribution in [0.25, 0.3) is 0 Å². The summed E-state index contributed by atoms with van der Waals surface area (Å²) in [6.45, 7) is 3.34. The smallest absolute Gasteiger partial charge is 0.117 e. The first-order valence-electron chi connectivity index (χ1n) is 8.19. The number of hydrogen-bond donors (Lipinski definition) is 0. The standard InChI is InChI=1S/C19H23NO/c1-2-8-18-16(5-1)6-3-9-19(18)10-12-20(13-11-19)15-17-7-4-14-21-17/h1-2,4-5,7-8,14H,3,6,9-13,15H2. The number of hydrogen-bond acceptors (Lipinski definition) is 2. The fraction of sp³-hybridized carbons (Fsp3) is 0.474. The highest BCUT2D eigenvalue weighted by atomic mass is 16.3. The van der Waals surface area contributed by atoms with E-state index in [2.05, 4.69) is 35.2 Å². The molecule has 1 spiro atoms. The molecule has 1 aliphatic carbocycles. The Hall–Kier alpha value is -1.54. The van der Waals surface area contributed by atoms with Crippen LogP contribution in [0.4, 0.5) is 0 Å². The van der Waals surface area contributed by atoms with Crippen molar-refractivity contribution in [3.63, 3.8) is 0 Å². The molecule has 1 fully saturated rings. The summed E-state index contributed by atoms with van der Waals surface area (Å²) in [5.41, 5.74) is 3.70.